The number of carbonyl (C=O) groups excluding carboxylic acids is 2. The third kappa shape index (κ3) is 3.44. The number of hydrogen-bond acceptors (Lipinski definition) is 4. The number of carbonyl (C=O) groups is 2. The molecule has 2 atom stereocenters. The molecule has 1 N–H and O–H groups in total. The number of fused-ring (bicyclic) bond motifs is 1. The fourth-order valence-electron chi connectivity index (χ4n) is 3.44. The monoisotopic (exact) mass is 347 g/mol. The Kier molecular flexibility index (Phi) is 5.15. The van der Waals surface area contributed by atoms with Crippen LogP contribution in [0.1, 0.15) is 19.4 Å². The van der Waals surface area contributed by atoms with Crippen molar-refractivity contribution in [2.24, 2.45) is 5.92 Å². The van der Waals surface area contributed by atoms with Gasteiger partial charge in [-0.15, -0.1) is 11.8 Å². The molecule has 2 aliphatic rings. The molecule has 0 bridgehead atoms. The van der Waals surface area contributed by atoms with Crippen LogP contribution in [0.5, 0.6) is 0 Å². The van der Waals surface area contributed by atoms with Gasteiger partial charge in [-0.2, -0.15) is 0 Å². The standard InChI is InChI=1S/C18H25N3O2S/c1-12(2)16-18(23)21-8-7-20(11-15(21)17(22)19-16)10-13-5-4-6-14(9-13)24-3/h4-6,9,12,15-16H,7-8,10-11H2,1-3H3,(H,19,22)/t15-,16-/m1/s1. The normalized spacial score (nSPS) is 24.9. The Balaban J connectivity index is 1.68. The number of thioether (sulfide) groups is 1. The van der Waals surface area contributed by atoms with Gasteiger partial charge in [-0.25, -0.2) is 0 Å². The van der Waals surface area contributed by atoms with Gasteiger partial charge in [-0.3, -0.25) is 14.5 Å². The molecule has 3 rings (SSSR count). The minimum absolute atomic E-state index is 0.0177. The maximum absolute atomic E-state index is 12.6. The maximum Gasteiger partial charge on any atom is 0.246 e. The second-order valence-electron chi connectivity index (χ2n) is 6.86. The molecule has 130 valence electrons. The smallest absolute Gasteiger partial charge is 0.246 e. The number of hydrogen-bond donors (Lipinski definition) is 1. The van der Waals surface area contributed by atoms with E-state index in [1.165, 1.54) is 10.5 Å². The molecule has 0 aromatic heterocycles. The van der Waals surface area contributed by atoms with E-state index in [1.807, 2.05) is 13.8 Å². The van der Waals surface area contributed by atoms with E-state index in [9.17, 15) is 9.59 Å². The third-order valence-electron chi connectivity index (χ3n) is 4.82. The summed E-state index contributed by atoms with van der Waals surface area (Å²) in [6, 6.07) is 7.75. The predicted molar refractivity (Wildman–Crippen MR) is 95.8 cm³/mol. The highest BCUT2D eigenvalue weighted by molar-refractivity contribution is 7.98. The molecule has 2 heterocycles. The minimum atomic E-state index is -0.376. The highest BCUT2D eigenvalue weighted by atomic mass is 32.2. The fraction of sp³-hybridized carbons (Fsp3) is 0.556. The SMILES string of the molecule is CSc1cccc(CN2CCN3C(=O)[C@@H](C(C)C)NC(=O)[C@H]3C2)c1. The van der Waals surface area contributed by atoms with Crippen LogP contribution < -0.4 is 5.32 Å². The van der Waals surface area contributed by atoms with Crippen LogP contribution in [0.15, 0.2) is 29.2 Å². The highest BCUT2D eigenvalue weighted by Gasteiger charge is 2.44. The summed E-state index contributed by atoms with van der Waals surface area (Å²) in [5.74, 6) is 0.171. The number of piperazine rings is 2. The lowest BCUT2D eigenvalue weighted by Gasteiger charge is -2.46. The van der Waals surface area contributed by atoms with Crippen LogP contribution in [0, 0.1) is 5.92 Å². The van der Waals surface area contributed by atoms with Crippen molar-refractivity contribution in [1.29, 1.82) is 0 Å². The molecule has 6 heteroatoms. The van der Waals surface area contributed by atoms with Crippen molar-refractivity contribution < 1.29 is 9.59 Å². The van der Waals surface area contributed by atoms with E-state index in [4.69, 9.17) is 0 Å². The molecular weight excluding hydrogens is 322 g/mol. The summed E-state index contributed by atoms with van der Waals surface area (Å²) >= 11 is 1.73. The first kappa shape index (κ1) is 17.3. The van der Waals surface area contributed by atoms with Crippen molar-refractivity contribution in [3.8, 4) is 0 Å². The molecule has 0 aliphatic carbocycles. The van der Waals surface area contributed by atoms with E-state index in [2.05, 4.69) is 40.7 Å². The average molecular weight is 347 g/mol. The Morgan fingerprint density at radius 1 is 1.29 bits per heavy atom. The lowest BCUT2D eigenvalue weighted by molar-refractivity contribution is -0.154. The van der Waals surface area contributed by atoms with Gasteiger partial charge in [0.05, 0.1) is 0 Å². The van der Waals surface area contributed by atoms with Crippen molar-refractivity contribution in [1.82, 2.24) is 15.1 Å². The number of nitrogens with one attached hydrogen (secondary N) is 1. The van der Waals surface area contributed by atoms with Crippen LogP contribution in [0.3, 0.4) is 0 Å². The van der Waals surface area contributed by atoms with Crippen LogP contribution >= 0.6 is 11.8 Å². The maximum atomic E-state index is 12.6. The summed E-state index contributed by atoms with van der Waals surface area (Å²) in [7, 11) is 0. The Morgan fingerprint density at radius 2 is 2.08 bits per heavy atom. The molecule has 2 amide bonds. The van der Waals surface area contributed by atoms with E-state index in [1.54, 1.807) is 16.7 Å². The van der Waals surface area contributed by atoms with Crippen molar-refractivity contribution in [3.63, 3.8) is 0 Å². The molecular formula is C18H25N3O2S. The Bertz CT molecular complexity index is 634. The molecule has 1 aromatic rings. The van der Waals surface area contributed by atoms with Gasteiger partial charge in [0, 0.05) is 31.1 Å². The van der Waals surface area contributed by atoms with Gasteiger partial charge in [0.1, 0.15) is 12.1 Å². The number of benzene rings is 1. The first-order chi connectivity index (χ1) is 11.5. The van der Waals surface area contributed by atoms with E-state index in [0.717, 1.165) is 13.1 Å². The van der Waals surface area contributed by atoms with Crippen LogP contribution in [-0.4, -0.2) is 59.6 Å². The van der Waals surface area contributed by atoms with Gasteiger partial charge in [0.25, 0.3) is 0 Å². The summed E-state index contributed by atoms with van der Waals surface area (Å²) in [5.41, 5.74) is 1.25. The third-order valence-corrected chi connectivity index (χ3v) is 5.55. The fourth-order valence-corrected chi connectivity index (χ4v) is 3.93. The summed E-state index contributed by atoms with van der Waals surface area (Å²) < 4.78 is 0. The molecule has 0 radical (unpaired) electrons. The first-order valence-corrected chi connectivity index (χ1v) is 9.68. The van der Waals surface area contributed by atoms with Gasteiger partial charge in [-0.05, 0) is 29.9 Å². The summed E-state index contributed by atoms with van der Waals surface area (Å²) in [6.45, 7) is 6.79. The van der Waals surface area contributed by atoms with Gasteiger partial charge in [0.2, 0.25) is 11.8 Å². The van der Waals surface area contributed by atoms with E-state index in [0.29, 0.717) is 13.1 Å². The second-order valence-corrected chi connectivity index (χ2v) is 7.74. The molecule has 2 saturated heterocycles. The molecule has 2 fully saturated rings. The molecule has 0 unspecified atom stereocenters. The van der Waals surface area contributed by atoms with Crippen LogP contribution in [0.2, 0.25) is 0 Å². The number of rotatable bonds is 4. The van der Waals surface area contributed by atoms with Crippen molar-refractivity contribution in [2.45, 2.75) is 37.4 Å². The first-order valence-electron chi connectivity index (χ1n) is 8.45. The summed E-state index contributed by atoms with van der Waals surface area (Å²) in [4.78, 5) is 30.3. The molecule has 2 aliphatic heterocycles. The largest absolute Gasteiger partial charge is 0.342 e. The van der Waals surface area contributed by atoms with Crippen molar-refractivity contribution in [3.05, 3.63) is 29.8 Å². The van der Waals surface area contributed by atoms with Gasteiger partial charge >= 0.3 is 0 Å². The molecule has 1 aromatic carbocycles. The summed E-state index contributed by atoms with van der Waals surface area (Å²) in [5, 5.41) is 2.91. The Morgan fingerprint density at radius 3 is 2.79 bits per heavy atom. The zero-order valence-electron chi connectivity index (χ0n) is 14.5. The lowest BCUT2D eigenvalue weighted by Crippen LogP contribution is -2.70. The van der Waals surface area contributed by atoms with Gasteiger partial charge in [0.15, 0.2) is 0 Å². The number of amides is 2. The highest BCUT2D eigenvalue weighted by Crippen LogP contribution is 2.22. The van der Waals surface area contributed by atoms with Crippen molar-refractivity contribution >= 4 is 23.6 Å². The Hall–Kier alpha value is -1.53. The van der Waals surface area contributed by atoms with Gasteiger partial charge in [-0.1, -0.05) is 26.0 Å². The van der Waals surface area contributed by atoms with Crippen LogP contribution in [-0.2, 0) is 16.1 Å². The average Bonchev–Trinajstić information content (AvgIpc) is 2.58. The van der Waals surface area contributed by atoms with Gasteiger partial charge < -0.3 is 10.2 Å². The molecule has 0 saturated carbocycles. The number of nitrogens with zero attached hydrogens (tertiary/aromatic N) is 2. The molecule has 0 spiro atoms. The zero-order valence-corrected chi connectivity index (χ0v) is 15.3. The zero-order chi connectivity index (χ0) is 17.3. The lowest BCUT2D eigenvalue weighted by atomic mass is 9.96. The van der Waals surface area contributed by atoms with Crippen molar-refractivity contribution in [2.75, 3.05) is 25.9 Å². The second kappa shape index (κ2) is 7.15. The van der Waals surface area contributed by atoms with Crippen LogP contribution in [0.25, 0.3) is 0 Å². The predicted octanol–water partition coefficient (Wildman–Crippen LogP) is 1.58. The topological polar surface area (TPSA) is 52.6 Å². The van der Waals surface area contributed by atoms with Crippen LogP contribution in [0.4, 0.5) is 0 Å². The van der Waals surface area contributed by atoms with E-state index >= 15 is 0 Å². The summed E-state index contributed by atoms with van der Waals surface area (Å²) in [6.07, 6.45) is 2.07. The Labute approximate surface area is 147 Å². The van der Waals surface area contributed by atoms with E-state index < -0.39 is 0 Å². The minimum Gasteiger partial charge on any atom is -0.342 e. The molecule has 5 nitrogen and oxygen atoms in total. The molecule has 24 heavy (non-hydrogen) atoms. The quantitative estimate of drug-likeness (QED) is 0.840. The van der Waals surface area contributed by atoms with E-state index in [-0.39, 0.29) is 29.8 Å².